The number of carbonyl (C=O) groups is 2. The van der Waals surface area contributed by atoms with Gasteiger partial charge in [-0.1, -0.05) is 60.7 Å². The van der Waals surface area contributed by atoms with Crippen molar-refractivity contribution < 1.29 is 14.3 Å². The van der Waals surface area contributed by atoms with E-state index in [2.05, 4.69) is 0 Å². The molecular formula is C20H20ClNO3. The maximum Gasteiger partial charge on any atom is 0.238 e. The second-order valence-electron chi connectivity index (χ2n) is 6.19. The number of nitrogens with zero attached hydrogens (tertiary/aromatic N) is 1. The predicted molar refractivity (Wildman–Crippen MR) is 96.6 cm³/mol. The van der Waals surface area contributed by atoms with Crippen LogP contribution in [0.3, 0.4) is 0 Å². The first-order valence-electron chi connectivity index (χ1n) is 8.30. The predicted octanol–water partition coefficient (Wildman–Crippen LogP) is 3.29. The molecule has 0 radical (unpaired) electrons. The highest BCUT2D eigenvalue weighted by molar-refractivity contribution is 6.64. The van der Waals surface area contributed by atoms with Gasteiger partial charge < -0.3 is 4.74 Å². The summed E-state index contributed by atoms with van der Waals surface area (Å²) in [6.07, 6.45) is 0.397. The molecule has 2 atom stereocenters. The quantitative estimate of drug-likeness (QED) is 0.563. The summed E-state index contributed by atoms with van der Waals surface area (Å²) in [5.41, 5.74) is 1.71. The Kier molecular flexibility index (Phi) is 5.97. The van der Waals surface area contributed by atoms with Gasteiger partial charge in [0.25, 0.3) is 0 Å². The molecule has 4 nitrogen and oxygen atoms in total. The van der Waals surface area contributed by atoms with Gasteiger partial charge in [0.05, 0.1) is 25.3 Å². The summed E-state index contributed by atoms with van der Waals surface area (Å²) in [5, 5.41) is -0.438. The number of hydrogen-bond donors (Lipinski definition) is 0. The number of rotatable bonds is 7. The molecule has 0 bridgehead atoms. The Morgan fingerprint density at radius 3 is 2.32 bits per heavy atom. The highest BCUT2D eigenvalue weighted by Crippen LogP contribution is 2.23. The standard InChI is InChI=1S/C20H20ClNO3/c21-20(24)18-11-17(25-14-15-7-3-1-4-8-15)12-22(18)13-19(23)16-9-5-2-6-10-16/h1-10,17-18H,11-14H2/t17-,18+/m0/s1. The van der Waals surface area contributed by atoms with E-state index in [-0.39, 0.29) is 18.4 Å². The molecule has 1 fully saturated rings. The maximum absolute atomic E-state index is 12.4. The summed E-state index contributed by atoms with van der Waals surface area (Å²) in [7, 11) is 0. The number of hydrogen-bond acceptors (Lipinski definition) is 4. The van der Waals surface area contributed by atoms with Crippen molar-refractivity contribution in [2.45, 2.75) is 25.2 Å². The third-order valence-electron chi connectivity index (χ3n) is 4.40. The first-order chi connectivity index (χ1) is 12.1. The third-order valence-corrected chi connectivity index (χ3v) is 4.65. The van der Waals surface area contributed by atoms with Crippen molar-refractivity contribution in [2.24, 2.45) is 0 Å². The molecular weight excluding hydrogens is 338 g/mol. The lowest BCUT2D eigenvalue weighted by atomic mass is 10.1. The topological polar surface area (TPSA) is 46.6 Å². The molecule has 130 valence electrons. The summed E-state index contributed by atoms with van der Waals surface area (Å²) in [4.78, 5) is 26.0. The fourth-order valence-electron chi connectivity index (χ4n) is 3.08. The van der Waals surface area contributed by atoms with Crippen LogP contribution in [0.4, 0.5) is 0 Å². The summed E-state index contributed by atoms with van der Waals surface area (Å²) >= 11 is 5.74. The number of ether oxygens (including phenoxy) is 1. The Hall–Kier alpha value is -2.01. The summed E-state index contributed by atoms with van der Waals surface area (Å²) < 4.78 is 5.92. The maximum atomic E-state index is 12.4. The minimum absolute atomic E-state index is 0.0211. The van der Waals surface area contributed by atoms with E-state index in [1.54, 1.807) is 12.1 Å². The second kappa shape index (κ2) is 8.39. The minimum atomic E-state index is -0.477. The highest BCUT2D eigenvalue weighted by atomic mass is 35.5. The van der Waals surface area contributed by atoms with Gasteiger partial charge in [-0.25, -0.2) is 0 Å². The van der Waals surface area contributed by atoms with Crippen molar-refractivity contribution in [3.8, 4) is 0 Å². The molecule has 0 amide bonds. The molecule has 0 saturated carbocycles. The van der Waals surface area contributed by atoms with Crippen molar-refractivity contribution in [2.75, 3.05) is 13.1 Å². The van der Waals surface area contributed by atoms with Gasteiger partial charge in [-0.2, -0.15) is 0 Å². The minimum Gasteiger partial charge on any atom is -0.372 e. The lowest BCUT2D eigenvalue weighted by Gasteiger charge is -2.20. The van der Waals surface area contributed by atoms with E-state index >= 15 is 0 Å². The van der Waals surface area contributed by atoms with Crippen molar-refractivity contribution in [3.05, 3.63) is 71.8 Å². The van der Waals surface area contributed by atoms with Gasteiger partial charge in [-0.05, 0) is 23.6 Å². The van der Waals surface area contributed by atoms with Crippen LogP contribution in [-0.4, -0.2) is 41.2 Å². The lowest BCUT2D eigenvalue weighted by Crippen LogP contribution is -2.38. The summed E-state index contributed by atoms with van der Waals surface area (Å²) in [6, 6.07) is 18.5. The number of ketones is 1. The average molecular weight is 358 g/mol. The van der Waals surface area contributed by atoms with E-state index in [0.717, 1.165) is 5.56 Å². The Morgan fingerprint density at radius 1 is 1.04 bits per heavy atom. The number of Topliss-reactive ketones (excluding diaryl/α,β-unsaturated/α-hetero) is 1. The molecule has 2 aromatic carbocycles. The van der Waals surface area contributed by atoms with Gasteiger partial charge in [0.2, 0.25) is 5.24 Å². The summed E-state index contributed by atoms with van der Waals surface area (Å²) in [6.45, 7) is 1.17. The van der Waals surface area contributed by atoms with Crippen LogP contribution in [0.1, 0.15) is 22.3 Å². The van der Waals surface area contributed by atoms with Crippen LogP contribution in [0.2, 0.25) is 0 Å². The molecule has 0 unspecified atom stereocenters. The Labute approximate surface area is 152 Å². The van der Waals surface area contributed by atoms with E-state index in [4.69, 9.17) is 16.3 Å². The Bertz CT molecular complexity index is 720. The van der Waals surface area contributed by atoms with Gasteiger partial charge in [0, 0.05) is 12.1 Å². The molecule has 25 heavy (non-hydrogen) atoms. The second-order valence-corrected chi connectivity index (χ2v) is 6.57. The first-order valence-corrected chi connectivity index (χ1v) is 8.68. The molecule has 3 rings (SSSR count). The largest absolute Gasteiger partial charge is 0.372 e. The zero-order valence-electron chi connectivity index (χ0n) is 13.8. The van der Waals surface area contributed by atoms with E-state index in [1.165, 1.54) is 0 Å². The molecule has 2 aromatic rings. The molecule has 1 aliphatic heterocycles. The van der Waals surface area contributed by atoms with Crippen molar-refractivity contribution in [1.29, 1.82) is 0 Å². The van der Waals surface area contributed by atoms with E-state index < -0.39 is 11.3 Å². The van der Waals surface area contributed by atoms with Crippen LogP contribution in [0.15, 0.2) is 60.7 Å². The zero-order valence-corrected chi connectivity index (χ0v) is 14.6. The van der Waals surface area contributed by atoms with Gasteiger partial charge in [-0.3, -0.25) is 14.5 Å². The fourth-order valence-corrected chi connectivity index (χ4v) is 3.31. The Balaban J connectivity index is 1.60. The summed E-state index contributed by atoms with van der Waals surface area (Å²) in [5.74, 6) is -0.0211. The van der Waals surface area contributed by atoms with Crippen molar-refractivity contribution in [3.63, 3.8) is 0 Å². The zero-order chi connectivity index (χ0) is 17.6. The molecule has 5 heteroatoms. The van der Waals surface area contributed by atoms with Crippen LogP contribution in [-0.2, 0) is 16.1 Å². The molecule has 1 aliphatic rings. The monoisotopic (exact) mass is 357 g/mol. The van der Waals surface area contributed by atoms with Gasteiger partial charge >= 0.3 is 0 Å². The number of halogens is 1. The fraction of sp³-hybridized carbons (Fsp3) is 0.300. The number of carbonyl (C=O) groups excluding carboxylic acids is 2. The number of likely N-dealkylation sites (tertiary alicyclic amines) is 1. The molecule has 1 heterocycles. The smallest absolute Gasteiger partial charge is 0.238 e. The third kappa shape index (κ3) is 4.75. The van der Waals surface area contributed by atoms with Crippen LogP contribution < -0.4 is 0 Å². The first kappa shape index (κ1) is 17.8. The van der Waals surface area contributed by atoms with Gasteiger partial charge in [0.15, 0.2) is 5.78 Å². The van der Waals surface area contributed by atoms with Crippen molar-refractivity contribution >= 4 is 22.6 Å². The normalized spacial score (nSPS) is 20.5. The van der Waals surface area contributed by atoms with Crippen LogP contribution in [0.5, 0.6) is 0 Å². The van der Waals surface area contributed by atoms with Crippen LogP contribution >= 0.6 is 11.6 Å². The highest BCUT2D eigenvalue weighted by Gasteiger charge is 2.37. The molecule has 1 saturated heterocycles. The van der Waals surface area contributed by atoms with Gasteiger partial charge in [-0.15, -0.1) is 0 Å². The Morgan fingerprint density at radius 2 is 1.68 bits per heavy atom. The van der Waals surface area contributed by atoms with E-state index in [9.17, 15) is 9.59 Å². The number of benzene rings is 2. The lowest BCUT2D eigenvalue weighted by molar-refractivity contribution is -0.115. The van der Waals surface area contributed by atoms with E-state index in [0.29, 0.717) is 25.1 Å². The van der Waals surface area contributed by atoms with Gasteiger partial charge in [0.1, 0.15) is 0 Å². The SMILES string of the molecule is O=C(CN1C[C@@H](OCc2ccccc2)C[C@@H]1C(=O)Cl)c1ccccc1. The van der Waals surface area contributed by atoms with Crippen LogP contribution in [0, 0.1) is 0 Å². The average Bonchev–Trinajstić information content (AvgIpc) is 3.04. The molecule has 0 aromatic heterocycles. The molecule has 0 aliphatic carbocycles. The van der Waals surface area contributed by atoms with Crippen LogP contribution in [0.25, 0.3) is 0 Å². The van der Waals surface area contributed by atoms with E-state index in [1.807, 2.05) is 53.4 Å². The molecule has 0 N–H and O–H groups in total. The van der Waals surface area contributed by atoms with Crippen molar-refractivity contribution in [1.82, 2.24) is 4.90 Å². The molecule has 0 spiro atoms.